The van der Waals surface area contributed by atoms with Gasteiger partial charge in [0.15, 0.2) is 0 Å². The Bertz CT molecular complexity index is 179. The zero-order valence-electron chi connectivity index (χ0n) is 9.67. The minimum atomic E-state index is -0.692. The number of carboxylic acid groups (broad SMARTS) is 1. The van der Waals surface area contributed by atoms with E-state index in [0.717, 1.165) is 19.3 Å². The summed E-state index contributed by atoms with van der Waals surface area (Å²) in [5, 5.41) is 9.19. The second-order valence-corrected chi connectivity index (χ2v) is 4.16. The zero-order valence-corrected chi connectivity index (χ0v) is 9.67. The highest BCUT2D eigenvalue weighted by molar-refractivity contribution is 5.74. The maximum absolute atomic E-state index is 11.2. The molecule has 0 aromatic rings. The second kappa shape index (κ2) is 6.02. The summed E-state index contributed by atoms with van der Waals surface area (Å²) in [4.78, 5) is 11.2. The van der Waals surface area contributed by atoms with Crippen LogP contribution in [0.3, 0.4) is 0 Å². The molecule has 0 aliphatic carbocycles. The van der Waals surface area contributed by atoms with Gasteiger partial charge in [-0.05, 0) is 25.7 Å². The Morgan fingerprint density at radius 3 is 2.50 bits per heavy atom. The Hall–Kier alpha value is -0.570. The van der Waals surface area contributed by atoms with Crippen molar-refractivity contribution >= 4 is 5.97 Å². The van der Waals surface area contributed by atoms with Crippen LogP contribution in [-0.2, 0) is 9.53 Å². The van der Waals surface area contributed by atoms with Crippen LogP contribution in [0.2, 0.25) is 0 Å². The van der Waals surface area contributed by atoms with Crippen LogP contribution in [0, 0.1) is 11.3 Å². The van der Waals surface area contributed by atoms with Gasteiger partial charge in [0.1, 0.15) is 0 Å². The molecule has 0 saturated carbocycles. The number of rotatable bonds is 7. The minimum absolute atomic E-state index is 0.153. The fourth-order valence-corrected chi connectivity index (χ4v) is 1.70. The highest BCUT2D eigenvalue weighted by atomic mass is 16.5. The van der Waals surface area contributed by atoms with Gasteiger partial charge in [-0.2, -0.15) is 0 Å². The molecule has 14 heavy (non-hydrogen) atoms. The van der Waals surface area contributed by atoms with E-state index in [1.807, 2.05) is 20.8 Å². The van der Waals surface area contributed by atoms with Crippen molar-refractivity contribution in [1.82, 2.24) is 0 Å². The average molecular weight is 202 g/mol. The van der Waals surface area contributed by atoms with E-state index in [2.05, 4.69) is 0 Å². The van der Waals surface area contributed by atoms with E-state index in [4.69, 9.17) is 4.74 Å². The average Bonchev–Trinajstić information content (AvgIpc) is 2.14. The predicted octanol–water partition coefficient (Wildman–Crippen LogP) is 2.55. The topological polar surface area (TPSA) is 46.5 Å². The molecule has 0 rings (SSSR count). The Balaban J connectivity index is 4.39. The summed E-state index contributed by atoms with van der Waals surface area (Å²) in [5.41, 5.74) is -0.604. The van der Waals surface area contributed by atoms with Crippen LogP contribution >= 0.6 is 0 Å². The first-order chi connectivity index (χ1) is 6.49. The number of carbonyl (C=O) groups is 1. The van der Waals surface area contributed by atoms with Crippen LogP contribution in [-0.4, -0.2) is 24.8 Å². The van der Waals surface area contributed by atoms with Gasteiger partial charge in [0, 0.05) is 13.7 Å². The molecule has 0 aromatic carbocycles. The number of carboxylic acids is 1. The summed E-state index contributed by atoms with van der Waals surface area (Å²) in [6.07, 6.45) is 2.44. The van der Waals surface area contributed by atoms with Crippen molar-refractivity contribution < 1.29 is 14.6 Å². The van der Waals surface area contributed by atoms with Gasteiger partial charge in [-0.15, -0.1) is 0 Å². The summed E-state index contributed by atoms with van der Waals surface area (Å²) in [6, 6.07) is 0. The molecule has 0 amide bonds. The van der Waals surface area contributed by atoms with Crippen LogP contribution in [0.1, 0.15) is 40.0 Å². The third-order valence-corrected chi connectivity index (χ3v) is 3.10. The molecule has 0 saturated heterocycles. The second-order valence-electron chi connectivity index (χ2n) is 4.16. The third kappa shape index (κ3) is 3.29. The molecule has 3 heteroatoms. The predicted molar refractivity (Wildman–Crippen MR) is 56.3 cm³/mol. The van der Waals surface area contributed by atoms with E-state index >= 15 is 0 Å². The first kappa shape index (κ1) is 13.4. The molecule has 1 N–H and O–H groups in total. The van der Waals surface area contributed by atoms with Crippen LogP contribution in [0.25, 0.3) is 0 Å². The Kier molecular flexibility index (Phi) is 5.77. The molecular weight excluding hydrogens is 180 g/mol. The van der Waals surface area contributed by atoms with Crippen molar-refractivity contribution in [3.8, 4) is 0 Å². The van der Waals surface area contributed by atoms with Crippen molar-refractivity contribution in [1.29, 1.82) is 0 Å². The fraction of sp³-hybridized carbons (Fsp3) is 0.909. The zero-order chi connectivity index (χ0) is 11.2. The first-order valence-electron chi connectivity index (χ1n) is 5.21. The standard InChI is InChI=1S/C11H22O3/c1-5-7-11(3,10(12)13)9(2)6-8-14-4/h9H,5-8H2,1-4H3,(H,12,13). The first-order valence-corrected chi connectivity index (χ1v) is 5.21. The SMILES string of the molecule is CCCC(C)(C(=O)O)C(C)CCOC. The molecule has 0 aliphatic heterocycles. The van der Waals surface area contributed by atoms with Crippen LogP contribution < -0.4 is 0 Å². The molecule has 0 aromatic heterocycles. The summed E-state index contributed by atoms with van der Waals surface area (Å²) in [5.74, 6) is -0.539. The molecule has 84 valence electrons. The van der Waals surface area contributed by atoms with Crippen molar-refractivity contribution in [2.24, 2.45) is 11.3 Å². The third-order valence-electron chi connectivity index (χ3n) is 3.10. The van der Waals surface area contributed by atoms with Crippen molar-refractivity contribution in [3.05, 3.63) is 0 Å². The number of methoxy groups -OCH3 is 1. The molecule has 0 bridgehead atoms. The van der Waals surface area contributed by atoms with Gasteiger partial charge in [0.2, 0.25) is 0 Å². The smallest absolute Gasteiger partial charge is 0.309 e. The summed E-state index contributed by atoms with van der Waals surface area (Å²) < 4.78 is 4.97. The van der Waals surface area contributed by atoms with E-state index < -0.39 is 11.4 Å². The Morgan fingerprint density at radius 2 is 2.14 bits per heavy atom. The van der Waals surface area contributed by atoms with Crippen molar-refractivity contribution in [3.63, 3.8) is 0 Å². The summed E-state index contributed by atoms with van der Waals surface area (Å²) in [7, 11) is 1.64. The maximum atomic E-state index is 11.2. The lowest BCUT2D eigenvalue weighted by atomic mass is 9.73. The molecule has 0 heterocycles. The monoisotopic (exact) mass is 202 g/mol. The lowest BCUT2D eigenvalue weighted by Crippen LogP contribution is -2.35. The molecule has 0 aliphatic rings. The highest BCUT2D eigenvalue weighted by Gasteiger charge is 2.37. The molecule has 0 fully saturated rings. The number of ether oxygens (including phenoxy) is 1. The maximum Gasteiger partial charge on any atom is 0.309 e. The van der Waals surface area contributed by atoms with Gasteiger partial charge >= 0.3 is 5.97 Å². The molecule has 0 spiro atoms. The summed E-state index contributed by atoms with van der Waals surface area (Å²) >= 11 is 0. The van der Waals surface area contributed by atoms with Gasteiger partial charge in [-0.1, -0.05) is 20.3 Å². The van der Waals surface area contributed by atoms with Crippen molar-refractivity contribution in [2.45, 2.75) is 40.0 Å². The summed E-state index contributed by atoms with van der Waals surface area (Å²) in [6.45, 7) is 6.47. The van der Waals surface area contributed by atoms with Gasteiger partial charge in [-0.25, -0.2) is 0 Å². The minimum Gasteiger partial charge on any atom is -0.481 e. The number of hydrogen-bond acceptors (Lipinski definition) is 2. The largest absolute Gasteiger partial charge is 0.481 e. The Labute approximate surface area is 86.5 Å². The quantitative estimate of drug-likeness (QED) is 0.690. The normalized spacial score (nSPS) is 17.4. The molecule has 2 unspecified atom stereocenters. The van der Waals surface area contributed by atoms with Gasteiger partial charge in [0.05, 0.1) is 5.41 Å². The van der Waals surface area contributed by atoms with Crippen LogP contribution in [0.4, 0.5) is 0 Å². The lowest BCUT2D eigenvalue weighted by Gasteiger charge is -2.31. The van der Waals surface area contributed by atoms with Crippen LogP contribution in [0.15, 0.2) is 0 Å². The van der Waals surface area contributed by atoms with Gasteiger partial charge in [-0.3, -0.25) is 4.79 Å². The van der Waals surface area contributed by atoms with Gasteiger partial charge in [0.25, 0.3) is 0 Å². The van der Waals surface area contributed by atoms with Crippen LogP contribution in [0.5, 0.6) is 0 Å². The number of aliphatic carboxylic acids is 1. The molecule has 0 radical (unpaired) electrons. The molecule has 2 atom stereocenters. The molecule has 3 nitrogen and oxygen atoms in total. The van der Waals surface area contributed by atoms with E-state index in [0.29, 0.717) is 6.61 Å². The van der Waals surface area contributed by atoms with E-state index in [1.165, 1.54) is 0 Å². The van der Waals surface area contributed by atoms with Crippen molar-refractivity contribution in [2.75, 3.05) is 13.7 Å². The van der Waals surface area contributed by atoms with E-state index in [9.17, 15) is 9.90 Å². The van der Waals surface area contributed by atoms with E-state index in [1.54, 1.807) is 7.11 Å². The number of hydrogen-bond donors (Lipinski definition) is 1. The Morgan fingerprint density at radius 1 is 1.57 bits per heavy atom. The molecular formula is C11H22O3. The highest BCUT2D eigenvalue weighted by Crippen LogP contribution is 2.34. The van der Waals surface area contributed by atoms with E-state index in [-0.39, 0.29) is 5.92 Å². The van der Waals surface area contributed by atoms with Gasteiger partial charge < -0.3 is 9.84 Å². The lowest BCUT2D eigenvalue weighted by molar-refractivity contribution is -0.152. The fourth-order valence-electron chi connectivity index (χ4n) is 1.70.